The molecule has 9 heteroatoms. The van der Waals surface area contributed by atoms with Crippen LogP contribution in [0.3, 0.4) is 0 Å². The molecule has 2 heterocycles. The number of piperidine rings is 1. The average Bonchev–Trinajstić information content (AvgIpc) is 3.33. The summed E-state index contributed by atoms with van der Waals surface area (Å²) in [5, 5.41) is 3.18. The van der Waals surface area contributed by atoms with E-state index in [1.807, 2.05) is 0 Å². The molecule has 0 radical (unpaired) electrons. The summed E-state index contributed by atoms with van der Waals surface area (Å²) in [5.41, 5.74) is 1.29. The zero-order valence-electron chi connectivity index (χ0n) is 24.9. The molecule has 2 saturated heterocycles. The monoisotopic (exact) mass is 563 g/mol. The highest BCUT2D eigenvalue weighted by molar-refractivity contribution is 7.89. The number of rotatable bonds is 10. The maximum absolute atomic E-state index is 13.2. The van der Waals surface area contributed by atoms with Crippen LogP contribution in [0.2, 0.25) is 0 Å². The number of amides is 1. The Balaban J connectivity index is 1.18. The van der Waals surface area contributed by atoms with Crippen molar-refractivity contribution >= 4 is 15.9 Å². The smallest absolute Gasteiger partial charge is 0.243 e. The Bertz CT molecular complexity index is 1060. The molecule has 0 unspecified atom stereocenters. The molecular weight excluding hydrogens is 512 g/mol. The largest absolute Gasteiger partial charge is 0.497 e. The van der Waals surface area contributed by atoms with Crippen LogP contribution in [0.4, 0.5) is 0 Å². The molecule has 1 aliphatic carbocycles. The lowest BCUT2D eigenvalue weighted by Crippen LogP contribution is -2.50. The number of hydrogen-bond acceptors (Lipinski definition) is 5. The van der Waals surface area contributed by atoms with Gasteiger partial charge in [-0.05, 0) is 88.7 Å². The van der Waals surface area contributed by atoms with Gasteiger partial charge in [0.1, 0.15) is 5.75 Å². The second-order valence-corrected chi connectivity index (χ2v) is 14.7. The molecule has 1 aromatic rings. The van der Waals surface area contributed by atoms with Gasteiger partial charge in [0.05, 0.1) is 38.7 Å². The van der Waals surface area contributed by atoms with Crippen molar-refractivity contribution in [3.8, 4) is 5.75 Å². The fourth-order valence-electron chi connectivity index (χ4n) is 7.26. The van der Waals surface area contributed by atoms with Crippen LogP contribution < -0.4 is 10.1 Å². The van der Waals surface area contributed by atoms with Gasteiger partial charge in [-0.1, -0.05) is 0 Å². The van der Waals surface area contributed by atoms with Crippen molar-refractivity contribution in [1.29, 1.82) is 0 Å². The Labute approximate surface area is 236 Å². The molecular formula is C30H51N4O4S+. The summed E-state index contributed by atoms with van der Waals surface area (Å²) in [6, 6.07) is 4.30. The Hall–Kier alpha value is -1.68. The van der Waals surface area contributed by atoms with E-state index in [0.29, 0.717) is 27.8 Å². The van der Waals surface area contributed by atoms with Gasteiger partial charge in [0.25, 0.3) is 0 Å². The van der Waals surface area contributed by atoms with Gasteiger partial charge < -0.3 is 19.4 Å². The zero-order valence-corrected chi connectivity index (χ0v) is 25.7. The minimum absolute atomic E-state index is 0.0666. The van der Waals surface area contributed by atoms with Gasteiger partial charge in [-0.25, -0.2) is 12.7 Å². The Morgan fingerprint density at radius 3 is 2.21 bits per heavy atom. The van der Waals surface area contributed by atoms with Gasteiger partial charge in [0.2, 0.25) is 15.9 Å². The van der Waals surface area contributed by atoms with Gasteiger partial charge in [-0.3, -0.25) is 4.79 Å². The third-order valence-corrected chi connectivity index (χ3v) is 11.7. The van der Waals surface area contributed by atoms with E-state index in [2.05, 4.69) is 17.3 Å². The van der Waals surface area contributed by atoms with E-state index >= 15 is 0 Å². The lowest BCUT2D eigenvalue weighted by atomic mass is 9.87. The Morgan fingerprint density at radius 1 is 1.05 bits per heavy atom. The molecule has 1 amide bonds. The number of sulfonamides is 1. The number of ether oxygens (including phenoxy) is 1. The molecule has 1 saturated carbocycles. The van der Waals surface area contributed by atoms with Crippen LogP contribution in [-0.2, 0) is 14.8 Å². The highest BCUT2D eigenvalue weighted by Gasteiger charge is 2.34. The van der Waals surface area contributed by atoms with Crippen LogP contribution in [0.15, 0.2) is 17.0 Å². The molecule has 8 nitrogen and oxygen atoms in total. The predicted octanol–water partition coefficient (Wildman–Crippen LogP) is 3.70. The molecule has 1 aromatic carbocycles. The second-order valence-electron chi connectivity index (χ2n) is 12.7. The molecule has 3 aliphatic rings. The number of nitrogens with one attached hydrogen (secondary N) is 1. The third kappa shape index (κ3) is 7.54. The first kappa shape index (κ1) is 30.3. The van der Waals surface area contributed by atoms with Crippen molar-refractivity contribution in [1.82, 2.24) is 14.5 Å². The Morgan fingerprint density at radius 2 is 1.64 bits per heavy atom. The van der Waals surface area contributed by atoms with E-state index in [1.54, 1.807) is 40.1 Å². The number of likely N-dealkylation sites (tertiary alicyclic amines) is 2. The summed E-state index contributed by atoms with van der Waals surface area (Å²) < 4.78 is 34.3. The summed E-state index contributed by atoms with van der Waals surface area (Å²) in [6.45, 7) is 10.2. The molecule has 220 valence electrons. The molecule has 4 rings (SSSR count). The molecule has 0 aromatic heterocycles. The number of aryl methyl sites for hydroxylation is 2. The van der Waals surface area contributed by atoms with Gasteiger partial charge in [0, 0.05) is 50.9 Å². The third-order valence-electron chi connectivity index (χ3n) is 9.56. The van der Waals surface area contributed by atoms with Crippen LogP contribution in [0.1, 0.15) is 68.9 Å². The summed E-state index contributed by atoms with van der Waals surface area (Å²) in [7, 11) is 1.87. The van der Waals surface area contributed by atoms with Crippen LogP contribution in [0.25, 0.3) is 0 Å². The minimum atomic E-state index is -3.70. The SMILES string of the molecule is COc1cc(C)c(S(=O)(=O)N(C)CCC(=O)NC2CCC(N3CCC(C[N+]4(C)CCCC4)CC3)CC2)c(C)c1. The van der Waals surface area contributed by atoms with Crippen molar-refractivity contribution < 1.29 is 22.4 Å². The van der Waals surface area contributed by atoms with Crippen molar-refractivity contribution in [2.45, 2.75) is 88.6 Å². The molecule has 2 aliphatic heterocycles. The van der Waals surface area contributed by atoms with E-state index < -0.39 is 10.0 Å². The number of benzene rings is 1. The maximum atomic E-state index is 13.2. The van der Waals surface area contributed by atoms with Crippen molar-refractivity contribution in [2.75, 3.05) is 60.5 Å². The standard InChI is InChI=1S/C30H50N4O4S/c1-23-20-28(38-5)21-24(2)30(23)39(36,37)32(3)15-14-29(35)31-26-8-10-27(11-9-26)33-16-12-25(13-17-33)22-34(4)18-6-7-19-34/h20-21,25-27H,6-19,22H2,1-5H3/p+1. The normalized spacial score (nSPS) is 24.7. The molecule has 3 fully saturated rings. The van der Waals surface area contributed by atoms with E-state index in [4.69, 9.17) is 4.74 Å². The average molecular weight is 564 g/mol. The summed E-state index contributed by atoms with van der Waals surface area (Å²) in [5.74, 6) is 1.45. The minimum Gasteiger partial charge on any atom is -0.497 e. The number of quaternary nitrogens is 1. The summed E-state index contributed by atoms with van der Waals surface area (Å²) in [4.78, 5) is 15.7. The molecule has 39 heavy (non-hydrogen) atoms. The lowest BCUT2D eigenvalue weighted by molar-refractivity contribution is -0.901. The predicted molar refractivity (Wildman–Crippen MR) is 155 cm³/mol. The first-order valence-electron chi connectivity index (χ1n) is 15.0. The highest BCUT2D eigenvalue weighted by Crippen LogP contribution is 2.30. The van der Waals surface area contributed by atoms with E-state index in [0.717, 1.165) is 31.6 Å². The summed E-state index contributed by atoms with van der Waals surface area (Å²) >= 11 is 0. The molecule has 0 atom stereocenters. The van der Waals surface area contributed by atoms with Crippen LogP contribution in [0.5, 0.6) is 5.75 Å². The summed E-state index contributed by atoms with van der Waals surface area (Å²) in [6.07, 6.45) is 9.89. The molecule has 1 N–H and O–H groups in total. The van der Waals surface area contributed by atoms with Crippen molar-refractivity contribution in [3.63, 3.8) is 0 Å². The number of hydrogen-bond donors (Lipinski definition) is 1. The fourth-order valence-corrected chi connectivity index (χ4v) is 8.84. The Kier molecular flexibility index (Phi) is 10.00. The topological polar surface area (TPSA) is 79.0 Å². The van der Waals surface area contributed by atoms with Crippen LogP contribution in [0, 0.1) is 19.8 Å². The molecule has 0 spiro atoms. The second kappa shape index (κ2) is 12.9. The van der Waals surface area contributed by atoms with Crippen molar-refractivity contribution in [3.05, 3.63) is 23.3 Å². The first-order valence-corrected chi connectivity index (χ1v) is 16.4. The quantitative estimate of drug-likeness (QED) is 0.439. The fraction of sp³-hybridized carbons (Fsp3) is 0.767. The van der Waals surface area contributed by atoms with Gasteiger partial charge in [-0.15, -0.1) is 0 Å². The number of methoxy groups -OCH3 is 1. The van der Waals surface area contributed by atoms with E-state index in [1.165, 1.54) is 67.2 Å². The molecule has 0 bridgehead atoms. The van der Waals surface area contributed by atoms with Gasteiger partial charge in [0.15, 0.2) is 0 Å². The number of nitrogens with zero attached hydrogens (tertiary/aromatic N) is 3. The number of carbonyl (C=O) groups is 1. The lowest BCUT2D eigenvalue weighted by Gasteiger charge is -2.42. The number of carbonyl (C=O) groups excluding carboxylic acids is 1. The van der Waals surface area contributed by atoms with Gasteiger partial charge in [-0.2, -0.15) is 0 Å². The van der Waals surface area contributed by atoms with E-state index in [-0.39, 0.29) is 24.9 Å². The maximum Gasteiger partial charge on any atom is 0.243 e. The van der Waals surface area contributed by atoms with E-state index in [9.17, 15) is 13.2 Å². The van der Waals surface area contributed by atoms with Gasteiger partial charge >= 0.3 is 0 Å². The highest BCUT2D eigenvalue weighted by atomic mass is 32.2. The van der Waals surface area contributed by atoms with Crippen molar-refractivity contribution in [2.24, 2.45) is 5.92 Å². The van der Waals surface area contributed by atoms with Crippen LogP contribution >= 0.6 is 0 Å². The van der Waals surface area contributed by atoms with Crippen LogP contribution in [-0.4, -0.2) is 101 Å². The first-order chi connectivity index (χ1) is 18.5. The zero-order chi connectivity index (χ0) is 28.2.